The van der Waals surface area contributed by atoms with Gasteiger partial charge in [-0.2, -0.15) is 0 Å². The van der Waals surface area contributed by atoms with Crippen molar-refractivity contribution in [3.63, 3.8) is 0 Å². The fourth-order valence-electron chi connectivity index (χ4n) is 6.18. The third-order valence-corrected chi connectivity index (χ3v) is 7.25. The average molecular weight is 399 g/mol. The molecule has 0 aromatic heterocycles. The molecule has 0 amide bonds. The van der Waals surface area contributed by atoms with Gasteiger partial charge in [0.05, 0.1) is 11.1 Å². The summed E-state index contributed by atoms with van der Waals surface area (Å²) in [6.45, 7) is 0. The van der Waals surface area contributed by atoms with Gasteiger partial charge in [0.2, 0.25) is 0 Å². The first-order valence-electron chi connectivity index (χ1n) is 10.6. The Labute approximate surface area is 180 Å². The molecule has 0 unspecified atom stereocenters. The van der Waals surface area contributed by atoms with Crippen LogP contribution in [-0.2, 0) is 5.41 Å². The van der Waals surface area contributed by atoms with E-state index in [-0.39, 0.29) is 5.23 Å². The van der Waals surface area contributed by atoms with Crippen LogP contribution in [-0.4, -0.2) is 17.7 Å². The second-order valence-electron chi connectivity index (χ2n) is 8.55. The molecule has 0 saturated heterocycles. The standard InChI is InChI=1S/C27H18BNO2/c30-29(31)23-13-5-11-21-26(23)28-22-12-2-1-8-18(22)27(21)19-9-3-6-16-14-15-17-7-4-10-20(27)25(17)24(16)19/h1-15,28,30-31H. The molecule has 0 saturated carbocycles. The first-order valence-corrected chi connectivity index (χ1v) is 10.6. The summed E-state index contributed by atoms with van der Waals surface area (Å²) in [5, 5.41) is 25.4. The van der Waals surface area contributed by atoms with Gasteiger partial charge in [-0.3, -0.25) is 10.4 Å². The summed E-state index contributed by atoms with van der Waals surface area (Å²) in [7, 11) is 0.656. The summed E-state index contributed by atoms with van der Waals surface area (Å²) in [6, 6.07) is 32.0. The Hall–Kier alpha value is -3.60. The summed E-state index contributed by atoms with van der Waals surface area (Å²) in [6.07, 6.45) is 0. The SMILES string of the molecule is ON(O)c1cccc2c1Bc1ccccc1C21c2cccc3ccc4cccc1c4c23. The van der Waals surface area contributed by atoms with Crippen LogP contribution in [0.3, 0.4) is 0 Å². The minimum Gasteiger partial charge on any atom is -0.264 e. The number of benzene rings is 5. The van der Waals surface area contributed by atoms with E-state index in [0.29, 0.717) is 13.0 Å². The zero-order valence-corrected chi connectivity index (χ0v) is 16.7. The Balaban J connectivity index is 1.76. The average Bonchev–Trinajstić information content (AvgIpc) is 3.10. The van der Waals surface area contributed by atoms with Gasteiger partial charge in [-0.1, -0.05) is 90.4 Å². The molecule has 7 rings (SSSR count). The van der Waals surface area contributed by atoms with Crippen LogP contribution in [0.4, 0.5) is 5.69 Å². The fraction of sp³-hybridized carbons (Fsp3) is 0.0370. The highest BCUT2D eigenvalue weighted by atomic mass is 16.8. The van der Waals surface area contributed by atoms with Gasteiger partial charge in [-0.15, -0.1) is 5.23 Å². The second kappa shape index (κ2) is 5.76. The van der Waals surface area contributed by atoms with Crippen molar-refractivity contribution in [1.82, 2.24) is 0 Å². The molecule has 1 heterocycles. The third-order valence-electron chi connectivity index (χ3n) is 7.25. The molecule has 3 nitrogen and oxygen atoms in total. The summed E-state index contributed by atoms with van der Waals surface area (Å²) in [4.78, 5) is 0. The maximum Gasteiger partial charge on any atom is 0.196 e. The first kappa shape index (κ1) is 17.1. The van der Waals surface area contributed by atoms with Crippen molar-refractivity contribution in [2.24, 2.45) is 0 Å². The lowest BCUT2D eigenvalue weighted by molar-refractivity contribution is 0.0297. The number of anilines is 1. The molecule has 0 fully saturated rings. The number of rotatable bonds is 1. The van der Waals surface area contributed by atoms with Crippen LogP contribution in [0, 0.1) is 0 Å². The first-order chi connectivity index (χ1) is 15.2. The Kier molecular flexibility index (Phi) is 3.18. The summed E-state index contributed by atoms with van der Waals surface area (Å²) in [5.74, 6) is 0. The van der Waals surface area contributed by atoms with Crippen LogP contribution < -0.4 is 16.2 Å². The van der Waals surface area contributed by atoms with E-state index in [1.165, 1.54) is 43.7 Å². The Morgan fingerprint density at radius 2 is 1.16 bits per heavy atom. The third kappa shape index (κ3) is 1.92. The lowest BCUT2D eigenvalue weighted by Gasteiger charge is -2.41. The Bertz CT molecular complexity index is 1490. The highest BCUT2D eigenvalue weighted by Crippen LogP contribution is 2.55. The van der Waals surface area contributed by atoms with Gasteiger partial charge in [-0.25, -0.2) is 0 Å². The summed E-state index contributed by atoms with van der Waals surface area (Å²) in [5.41, 5.74) is 7.04. The normalized spacial score (nSPS) is 14.6. The monoisotopic (exact) mass is 399 g/mol. The zero-order chi connectivity index (χ0) is 20.7. The molecule has 5 aromatic rings. The lowest BCUT2D eigenvalue weighted by Crippen LogP contribution is -2.50. The van der Waals surface area contributed by atoms with Crippen molar-refractivity contribution in [1.29, 1.82) is 0 Å². The quantitative estimate of drug-likeness (QED) is 0.249. The molecule has 31 heavy (non-hydrogen) atoms. The van der Waals surface area contributed by atoms with Crippen LogP contribution in [0.25, 0.3) is 21.5 Å². The molecule has 146 valence electrons. The minimum absolute atomic E-state index is 0.268. The molecule has 2 aliphatic rings. The van der Waals surface area contributed by atoms with Gasteiger partial charge < -0.3 is 0 Å². The van der Waals surface area contributed by atoms with E-state index < -0.39 is 5.41 Å². The summed E-state index contributed by atoms with van der Waals surface area (Å²) >= 11 is 0. The predicted octanol–water partition coefficient (Wildman–Crippen LogP) is 3.97. The van der Waals surface area contributed by atoms with E-state index in [0.717, 1.165) is 11.0 Å². The molecule has 1 aliphatic carbocycles. The maximum atomic E-state index is 10.0. The van der Waals surface area contributed by atoms with Crippen molar-refractivity contribution < 1.29 is 10.4 Å². The van der Waals surface area contributed by atoms with E-state index >= 15 is 0 Å². The van der Waals surface area contributed by atoms with Crippen LogP contribution in [0.2, 0.25) is 0 Å². The number of hydrogen-bond donors (Lipinski definition) is 2. The molecule has 1 spiro atoms. The number of nitrogens with zero attached hydrogens (tertiary/aromatic N) is 1. The van der Waals surface area contributed by atoms with Crippen molar-refractivity contribution in [3.8, 4) is 0 Å². The Morgan fingerprint density at radius 1 is 0.581 bits per heavy atom. The predicted molar refractivity (Wildman–Crippen MR) is 126 cm³/mol. The van der Waals surface area contributed by atoms with Crippen LogP contribution in [0.1, 0.15) is 22.3 Å². The zero-order valence-electron chi connectivity index (χ0n) is 16.7. The molecule has 2 N–H and O–H groups in total. The van der Waals surface area contributed by atoms with Crippen molar-refractivity contribution in [3.05, 3.63) is 113 Å². The van der Waals surface area contributed by atoms with E-state index in [1.54, 1.807) is 6.07 Å². The van der Waals surface area contributed by atoms with Gasteiger partial charge in [-0.05, 0) is 55.3 Å². The van der Waals surface area contributed by atoms with E-state index in [9.17, 15) is 10.4 Å². The van der Waals surface area contributed by atoms with Crippen molar-refractivity contribution in [2.45, 2.75) is 5.41 Å². The van der Waals surface area contributed by atoms with Gasteiger partial charge in [0, 0.05) is 0 Å². The van der Waals surface area contributed by atoms with Gasteiger partial charge in [0.25, 0.3) is 0 Å². The van der Waals surface area contributed by atoms with Crippen LogP contribution >= 0.6 is 0 Å². The van der Waals surface area contributed by atoms with Crippen molar-refractivity contribution >= 4 is 45.4 Å². The van der Waals surface area contributed by atoms with Crippen LogP contribution in [0.15, 0.2) is 91.0 Å². The highest BCUT2D eigenvalue weighted by Gasteiger charge is 2.49. The van der Waals surface area contributed by atoms with Crippen molar-refractivity contribution in [2.75, 3.05) is 5.23 Å². The topological polar surface area (TPSA) is 43.7 Å². The van der Waals surface area contributed by atoms with E-state index in [1.807, 2.05) is 6.07 Å². The molecular weight excluding hydrogens is 381 g/mol. The lowest BCUT2D eigenvalue weighted by atomic mass is 9.47. The Morgan fingerprint density at radius 3 is 1.84 bits per heavy atom. The van der Waals surface area contributed by atoms with Gasteiger partial charge in [0.15, 0.2) is 7.28 Å². The second-order valence-corrected chi connectivity index (χ2v) is 8.55. The minimum atomic E-state index is -0.487. The van der Waals surface area contributed by atoms with Crippen LogP contribution in [0.5, 0.6) is 0 Å². The van der Waals surface area contributed by atoms with E-state index in [2.05, 4.69) is 78.9 Å². The number of fused-ring (bicyclic) bond motifs is 6. The van der Waals surface area contributed by atoms with Gasteiger partial charge >= 0.3 is 0 Å². The molecule has 0 bridgehead atoms. The maximum absolute atomic E-state index is 10.0. The van der Waals surface area contributed by atoms with Gasteiger partial charge in [0.1, 0.15) is 0 Å². The highest BCUT2D eigenvalue weighted by molar-refractivity contribution is 6.70. The molecule has 0 atom stereocenters. The van der Waals surface area contributed by atoms with E-state index in [4.69, 9.17) is 0 Å². The fourth-order valence-corrected chi connectivity index (χ4v) is 6.18. The molecule has 1 aliphatic heterocycles. The largest absolute Gasteiger partial charge is 0.264 e. The molecular formula is C27H18BNO2. The molecule has 5 aromatic carbocycles. The smallest absolute Gasteiger partial charge is 0.196 e. The summed E-state index contributed by atoms with van der Waals surface area (Å²) < 4.78 is 0. The number of hydrogen-bond acceptors (Lipinski definition) is 3. The molecule has 4 heteroatoms. The molecule has 0 radical (unpaired) electrons.